The van der Waals surface area contributed by atoms with Gasteiger partial charge in [0.05, 0.1) is 0 Å². The molecule has 0 saturated carbocycles. The number of benzene rings is 2. The number of carbonyl (C=O) groups excluding carboxylic acids is 3. The molecule has 0 saturated heterocycles. The predicted molar refractivity (Wildman–Crippen MR) is 155 cm³/mol. The van der Waals surface area contributed by atoms with Crippen LogP contribution in [0.1, 0.15) is 83.5 Å². The number of phenolic OH excluding ortho intramolecular Hbond substituents is 2. The van der Waals surface area contributed by atoms with E-state index in [0.717, 1.165) is 12.8 Å². The van der Waals surface area contributed by atoms with Crippen molar-refractivity contribution in [1.82, 2.24) is 15.5 Å². The van der Waals surface area contributed by atoms with Gasteiger partial charge in [0.25, 0.3) is 0 Å². The molecule has 0 heterocycles. The molecule has 2 rings (SSSR count). The summed E-state index contributed by atoms with van der Waals surface area (Å²) in [5.41, 5.74) is 0.789. The molecule has 0 aromatic heterocycles. The van der Waals surface area contributed by atoms with Gasteiger partial charge in [0.15, 0.2) is 0 Å². The second-order valence-corrected chi connectivity index (χ2v) is 11.1. The third-order valence-corrected chi connectivity index (χ3v) is 6.61. The number of ether oxygens (including phenoxy) is 1. The van der Waals surface area contributed by atoms with Gasteiger partial charge in [0.1, 0.15) is 29.2 Å². The van der Waals surface area contributed by atoms with Crippen molar-refractivity contribution in [3.63, 3.8) is 0 Å². The molecule has 0 radical (unpaired) electrons. The quantitative estimate of drug-likeness (QED) is 0.269. The van der Waals surface area contributed by atoms with E-state index < -0.39 is 41.6 Å². The molecule has 9 heteroatoms. The lowest BCUT2D eigenvalue weighted by molar-refractivity contribution is -0.145. The zero-order valence-corrected chi connectivity index (χ0v) is 24.8. The van der Waals surface area contributed by atoms with Crippen LogP contribution in [0, 0.1) is 6.92 Å². The molecule has 3 unspecified atom stereocenters. The molecule has 220 valence electrons. The van der Waals surface area contributed by atoms with Crippen molar-refractivity contribution in [2.45, 2.75) is 97.9 Å². The minimum Gasteiger partial charge on any atom is -0.508 e. The van der Waals surface area contributed by atoms with Crippen molar-refractivity contribution in [3.05, 3.63) is 59.2 Å². The van der Waals surface area contributed by atoms with Gasteiger partial charge in [-0.3, -0.25) is 9.59 Å². The van der Waals surface area contributed by atoms with Crippen LogP contribution in [0.2, 0.25) is 0 Å². The number of unbranched alkanes of at least 4 members (excludes halogenated alkanes) is 1. The Hall–Kier alpha value is -3.75. The summed E-state index contributed by atoms with van der Waals surface area (Å²) in [6.45, 7) is 13.1. The van der Waals surface area contributed by atoms with E-state index in [1.54, 1.807) is 58.0 Å². The van der Waals surface area contributed by atoms with Crippen LogP contribution in [0.3, 0.4) is 0 Å². The zero-order chi connectivity index (χ0) is 30.0. The summed E-state index contributed by atoms with van der Waals surface area (Å²) >= 11 is 0. The Morgan fingerprint density at radius 2 is 1.68 bits per heavy atom. The minimum absolute atomic E-state index is 0.0607. The lowest BCUT2D eigenvalue weighted by atomic mass is 9.96. The average molecular weight is 556 g/mol. The third-order valence-electron chi connectivity index (χ3n) is 6.61. The van der Waals surface area contributed by atoms with Crippen molar-refractivity contribution < 1.29 is 29.3 Å². The first-order chi connectivity index (χ1) is 18.8. The highest BCUT2D eigenvalue weighted by Gasteiger charge is 2.39. The Bertz CT molecular complexity index is 1140. The van der Waals surface area contributed by atoms with E-state index in [4.69, 9.17) is 4.74 Å². The smallest absolute Gasteiger partial charge is 0.408 e. The first-order valence-corrected chi connectivity index (χ1v) is 13.9. The number of amides is 3. The third kappa shape index (κ3) is 9.17. The normalized spacial score (nSPS) is 13.6. The lowest BCUT2D eigenvalue weighted by Gasteiger charge is -2.38. The molecule has 0 spiro atoms. The molecule has 0 aliphatic heterocycles. The van der Waals surface area contributed by atoms with Crippen LogP contribution < -0.4 is 10.6 Å². The van der Waals surface area contributed by atoms with Crippen molar-refractivity contribution >= 4 is 17.9 Å². The fraction of sp³-hybridized carbons (Fsp3) is 0.516. The monoisotopic (exact) mass is 555 g/mol. The SMILES string of the molecule is CCCCNC(=O)C(c1cccc(C)c1O)N(C(=O)C(Cc1ccc(O)cc1)NC(=O)OC(C)(C)C)C(C)CC. The standard InChI is InChI=1S/C31H45N3O6/c1-8-10-18-32-28(37)26(24-13-11-12-20(3)27(24)36)34(21(4)9-2)29(38)25(33-30(39)40-31(5,6)7)19-22-14-16-23(35)17-15-22/h11-17,21,25-26,35-36H,8-10,18-19H2,1-7H3,(H,32,37)(H,33,39). The fourth-order valence-corrected chi connectivity index (χ4v) is 4.30. The molecule has 0 aliphatic carbocycles. The van der Waals surface area contributed by atoms with E-state index in [0.29, 0.717) is 29.7 Å². The number of hydrogen-bond acceptors (Lipinski definition) is 6. The maximum Gasteiger partial charge on any atom is 0.408 e. The zero-order valence-electron chi connectivity index (χ0n) is 24.8. The summed E-state index contributed by atoms with van der Waals surface area (Å²) in [4.78, 5) is 42.4. The van der Waals surface area contributed by atoms with Gasteiger partial charge in [-0.2, -0.15) is 0 Å². The van der Waals surface area contributed by atoms with Gasteiger partial charge < -0.3 is 30.5 Å². The number of phenols is 2. The van der Waals surface area contributed by atoms with E-state index in [2.05, 4.69) is 10.6 Å². The summed E-state index contributed by atoms with van der Waals surface area (Å²) in [6, 6.07) is 8.82. The first kappa shape index (κ1) is 32.5. The molecule has 0 fully saturated rings. The number of nitrogens with zero attached hydrogens (tertiary/aromatic N) is 1. The number of nitrogens with one attached hydrogen (secondary N) is 2. The molecule has 9 nitrogen and oxygen atoms in total. The summed E-state index contributed by atoms with van der Waals surface area (Å²) in [5, 5.41) is 26.4. The number of carbonyl (C=O) groups is 3. The number of aryl methyl sites for hydroxylation is 1. The Morgan fingerprint density at radius 3 is 2.25 bits per heavy atom. The summed E-state index contributed by atoms with van der Waals surface area (Å²) < 4.78 is 5.45. The highest BCUT2D eigenvalue weighted by molar-refractivity contribution is 5.93. The minimum atomic E-state index is -1.14. The predicted octanol–water partition coefficient (Wildman–Crippen LogP) is 5.13. The maximum absolute atomic E-state index is 14.4. The molecule has 4 N–H and O–H groups in total. The molecule has 2 aromatic rings. The van der Waals surface area contributed by atoms with Crippen molar-refractivity contribution in [2.75, 3.05) is 6.54 Å². The first-order valence-electron chi connectivity index (χ1n) is 13.9. The van der Waals surface area contributed by atoms with Crippen LogP contribution in [0.5, 0.6) is 11.5 Å². The average Bonchev–Trinajstić information content (AvgIpc) is 2.88. The van der Waals surface area contributed by atoms with E-state index in [-0.39, 0.29) is 17.9 Å². The van der Waals surface area contributed by atoms with Gasteiger partial charge in [0, 0.05) is 24.6 Å². The van der Waals surface area contributed by atoms with Crippen molar-refractivity contribution in [1.29, 1.82) is 0 Å². The Labute approximate surface area is 237 Å². The highest BCUT2D eigenvalue weighted by Crippen LogP contribution is 2.34. The second kappa shape index (κ2) is 14.6. The second-order valence-electron chi connectivity index (χ2n) is 11.1. The van der Waals surface area contributed by atoms with Crippen LogP contribution in [-0.4, -0.2) is 57.3 Å². The number of rotatable bonds is 12. The fourth-order valence-electron chi connectivity index (χ4n) is 4.30. The van der Waals surface area contributed by atoms with E-state index in [1.807, 2.05) is 20.8 Å². The molecule has 0 aliphatic rings. The summed E-state index contributed by atoms with van der Waals surface area (Å²) in [5.74, 6) is -0.894. The Morgan fingerprint density at radius 1 is 1.02 bits per heavy atom. The molecule has 0 bridgehead atoms. The number of para-hydroxylation sites is 1. The lowest BCUT2D eigenvalue weighted by Crippen LogP contribution is -2.56. The van der Waals surface area contributed by atoms with E-state index in [9.17, 15) is 24.6 Å². The molecule has 3 atom stereocenters. The van der Waals surface area contributed by atoms with Crippen molar-refractivity contribution in [3.8, 4) is 11.5 Å². The van der Waals surface area contributed by atoms with Crippen molar-refractivity contribution in [2.24, 2.45) is 0 Å². The van der Waals surface area contributed by atoms with Gasteiger partial charge in [0.2, 0.25) is 11.8 Å². The topological polar surface area (TPSA) is 128 Å². The molecule has 40 heavy (non-hydrogen) atoms. The molecular weight excluding hydrogens is 510 g/mol. The molecule has 3 amide bonds. The summed E-state index contributed by atoms with van der Waals surface area (Å²) in [7, 11) is 0. The highest BCUT2D eigenvalue weighted by atomic mass is 16.6. The number of alkyl carbamates (subject to hydrolysis) is 1. The van der Waals surface area contributed by atoms with E-state index >= 15 is 0 Å². The van der Waals surface area contributed by atoms with Gasteiger partial charge in [-0.15, -0.1) is 0 Å². The summed E-state index contributed by atoms with van der Waals surface area (Å²) in [6.07, 6.45) is 1.49. The largest absolute Gasteiger partial charge is 0.508 e. The Kier molecular flexibility index (Phi) is 11.8. The molecular formula is C31H45N3O6. The molecule has 2 aromatic carbocycles. The van der Waals surface area contributed by atoms with Crippen LogP contribution in [0.4, 0.5) is 4.79 Å². The van der Waals surface area contributed by atoms with Gasteiger partial charge >= 0.3 is 6.09 Å². The van der Waals surface area contributed by atoms with Crippen LogP contribution in [0.15, 0.2) is 42.5 Å². The van der Waals surface area contributed by atoms with E-state index in [1.165, 1.54) is 17.0 Å². The van der Waals surface area contributed by atoms with Crippen LogP contribution in [-0.2, 0) is 20.7 Å². The number of hydrogen-bond donors (Lipinski definition) is 4. The van der Waals surface area contributed by atoms with Gasteiger partial charge in [-0.1, -0.05) is 50.6 Å². The number of aromatic hydroxyl groups is 2. The van der Waals surface area contributed by atoms with Crippen LogP contribution in [0.25, 0.3) is 0 Å². The Balaban J connectivity index is 2.61. The maximum atomic E-state index is 14.4. The van der Waals surface area contributed by atoms with Crippen LogP contribution >= 0.6 is 0 Å². The van der Waals surface area contributed by atoms with Gasteiger partial charge in [-0.25, -0.2) is 4.79 Å². The van der Waals surface area contributed by atoms with Gasteiger partial charge in [-0.05, 0) is 70.7 Å².